The molecule has 0 saturated carbocycles. The Morgan fingerprint density at radius 1 is 1.16 bits per heavy atom. The van der Waals surface area contributed by atoms with Gasteiger partial charge in [-0.2, -0.15) is 0 Å². The van der Waals surface area contributed by atoms with Crippen molar-refractivity contribution in [3.63, 3.8) is 0 Å². The molecular weight excluding hydrogens is 452 g/mol. The number of anilines is 2. The van der Waals surface area contributed by atoms with Crippen LogP contribution in [0.5, 0.6) is 5.75 Å². The molecule has 25 heavy (non-hydrogen) atoms. The molecule has 130 valence electrons. The fraction of sp³-hybridized carbons (Fsp3) is 0.222. The molecule has 0 atom stereocenters. The molecule has 0 aliphatic carbocycles. The quantitative estimate of drug-likeness (QED) is 0.710. The predicted octanol–water partition coefficient (Wildman–Crippen LogP) is 4.36. The monoisotopic (exact) mass is 466 g/mol. The van der Waals surface area contributed by atoms with E-state index >= 15 is 0 Å². The van der Waals surface area contributed by atoms with Crippen molar-refractivity contribution in [2.75, 3.05) is 23.4 Å². The highest BCUT2D eigenvalue weighted by molar-refractivity contribution is 9.11. The van der Waals surface area contributed by atoms with Gasteiger partial charge in [-0.15, -0.1) is 0 Å². The van der Waals surface area contributed by atoms with Gasteiger partial charge in [0.2, 0.25) is 5.91 Å². The number of benzene rings is 2. The van der Waals surface area contributed by atoms with E-state index in [-0.39, 0.29) is 18.4 Å². The summed E-state index contributed by atoms with van der Waals surface area (Å²) >= 11 is 6.79. The SMILES string of the molecule is O=C(COc1c(Br)cccc1Br)Nc1cccc(N2CCCC2=O)c1. The van der Waals surface area contributed by atoms with Crippen LogP contribution in [0.1, 0.15) is 12.8 Å². The van der Waals surface area contributed by atoms with Crippen LogP contribution in [-0.4, -0.2) is 25.0 Å². The molecule has 1 aliphatic heterocycles. The Balaban J connectivity index is 1.62. The summed E-state index contributed by atoms with van der Waals surface area (Å²) in [5, 5.41) is 2.80. The summed E-state index contributed by atoms with van der Waals surface area (Å²) < 4.78 is 7.11. The van der Waals surface area contributed by atoms with Gasteiger partial charge in [-0.1, -0.05) is 12.1 Å². The first-order chi connectivity index (χ1) is 12.0. The van der Waals surface area contributed by atoms with Crippen LogP contribution in [0, 0.1) is 0 Å². The topological polar surface area (TPSA) is 58.6 Å². The predicted molar refractivity (Wildman–Crippen MR) is 104 cm³/mol. The number of halogens is 2. The van der Waals surface area contributed by atoms with Crippen molar-refractivity contribution in [3.8, 4) is 5.75 Å². The molecule has 5 nitrogen and oxygen atoms in total. The van der Waals surface area contributed by atoms with E-state index in [1.165, 1.54) is 0 Å². The van der Waals surface area contributed by atoms with E-state index in [1.807, 2.05) is 30.3 Å². The van der Waals surface area contributed by atoms with Crippen molar-refractivity contribution >= 4 is 55.0 Å². The zero-order valence-electron chi connectivity index (χ0n) is 13.3. The van der Waals surface area contributed by atoms with E-state index in [2.05, 4.69) is 37.2 Å². The Morgan fingerprint density at radius 3 is 2.56 bits per heavy atom. The number of carbonyl (C=O) groups excluding carboxylic acids is 2. The molecular formula is C18H16Br2N2O3. The molecule has 0 unspecified atom stereocenters. The second kappa shape index (κ2) is 8.01. The summed E-state index contributed by atoms with van der Waals surface area (Å²) in [7, 11) is 0. The number of nitrogens with one attached hydrogen (secondary N) is 1. The molecule has 2 amide bonds. The molecule has 0 radical (unpaired) electrons. The second-order valence-corrected chi connectivity index (χ2v) is 7.30. The Morgan fingerprint density at radius 2 is 1.88 bits per heavy atom. The largest absolute Gasteiger partial charge is 0.481 e. The van der Waals surface area contributed by atoms with Crippen molar-refractivity contribution in [2.45, 2.75) is 12.8 Å². The van der Waals surface area contributed by atoms with Crippen molar-refractivity contribution in [3.05, 3.63) is 51.4 Å². The van der Waals surface area contributed by atoms with Gasteiger partial charge in [-0.25, -0.2) is 0 Å². The van der Waals surface area contributed by atoms with E-state index in [0.29, 0.717) is 17.9 Å². The zero-order chi connectivity index (χ0) is 17.8. The lowest BCUT2D eigenvalue weighted by molar-refractivity contribution is -0.118. The molecule has 0 spiro atoms. The molecule has 1 heterocycles. The third kappa shape index (κ3) is 4.41. The van der Waals surface area contributed by atoms with Crippen LogP contribution in [-0.2, 0) is 9.59 Å². The summed E-state index contributed by atoms with van der Waals surface area (Å²) in [5.41, 5.74) is 1.44. The van der Waals surface area contributed by atoms with Gasteiger partial charge in [-0.3, -0.25) is 9.59 Å². The smallest absolute Gasteiger partial charge is 0.262 e. The lowest BCUT2D eigenvalue weighted by atomic mass is 10.2. The van der Waals surface area contributed by atoms with Crippen molar-refractivity contribution < 1.29 is 14.3 Å². The van der Waals surface area contributed by atoms with Gasteiger partial charge in [0.1, 0.15) is 5.75 Å². The van der Waals surface area contributed by atoms with Gasteiger partial charge >= 0.3 is 0 Å². The summed E-state index contributed by atoms with van der Waals surface area (Å²) in [6.45, 7) is 0.601. The summed E-state index contributed by atoms with van der Waals surface area (Å²) in [4.78, 5) is 25.7. The van der Waals surface area contributed by atoms with E-state index in [9.17, 15) is 9.59 Å². The van der Waals surface area contributed by atoms with E-state index in [0.717, 1.165) is 27.6 Å². The van der Waals surface area contributed by atoms with Crippen LogP contribution in [0.2, 0.25) is 0 Å². The van der Waals surface area contributed by atoms with Gasteiger partial charge in [0.25, 0.3) is 5.91 Å². The lowest BCUT2D eigenvalue weighted by Crippen LogP contribution is -2.24. The number of carbonyl (C=O) groups is 2. The number of para-hydroxylation sites is 1. The van der Waals surface area contributed by atoms with Crippen LogP contribution < -0.4 is 15.0 Å². The summed E-state index contributed by atoms with van der Waals surface area (Å²) in [5.74, 6) is 0.423. The van der Waals surface area contributed by atoms with E-state index in [4.69, 9.17) is 4.74 Å². The van der Waals surface area contributed by atoms with Gasteiger partial charge in [0.05, 0.1) is 8.95 Å². The molecule has 7 heteroatoms. The Labute approximate surface area is 162 Å². The van der Waals surface area contributed by atoms with Crippen LogP contribution in [0.15, 0.2) is 51.4 Å². The first kappa shape index (κ1) is 17.9. The number of rotatable bonds is 5. The number of ether oxygens (including phenoxy) is 1. The van der Waals surface area contributed by atoms with Crippen molar-refractivity contribution in [2.24, 2.45) is 0 Å². The van der Waals surface area contributed by atoms with Gasteiger partial charge in [0.15, 0.2) is 6.61 Å². The summed E-state index contributed by atoms with van der Waals surface area (Å²) in [6, 6.07) is 12.8. The normalized spacial score (nSPS) is 13.8. The van der Waals surface area contributed by atoms with Gasteiger partial charge < -0.3 is 15.0 Å². The third-order valence-corrected chi connectivity index (χ3v) is 5.03. The first-order valence-corrected chi connectivity index (χ1v) is 9.40. The fourth-order valence-corrected chi connectivity index (χ4v) is 3.86. The minimum absolute atomic E-state index is 0.116. The average Bonchev–Trinajstić information content (AvgIpc) is 3.01. The number of hydrogen-bond donors (Lipinski definition) is 1. The van der Waals surface area contributed by atoms with Crippen molar-refractivity contribution in [1.82, 2.24) is 0 Å². The third-order valence-electron chi connectivity index (χ3n) is 3.78. The number of amides is 2. The first-order valence-electron chi connectivity index (χ1n) is 7.81. The van der Waals surface area contributed by atoms with Crippen LogP contribution in [0.25, 0.3) is 0 Å². The molecule has 0 aromatic heterocycles. The number of hydrogen-bond acceptors (Lipinski definition) is 3. The molecule has 1 N–H and O–H groups in total. The molecule has 1 fully saturated rings. The van der Waals surface area contributed by atoms with Crippen LogP contribution in [0.3, 0.4) is 0 Å². The maximum Gasteiger partial charge on any atom is 0.262 e. The number of nitrogens with zero attached hydrogens (tertiary/aromatic N) is 1. The summed E-state index contributed by atoms with van der Waals surface area (Å²) in [6.07, 6.45) is 1.44. The van der Waals surface area contributed by atoms with E-state index < -0.39 is 0 Å². The fourth-order valence-electron chi connectivity index (χ4n) is 2.63. The second-order valence-electron chi connectivity index (χ2n) is 5.59. The average molecular weight is 468 g/mol. The highest BCUT2D eigenvalue weighted by Crippen LogP contribution is 2.33. The van der Waals surface area contributed by atoms with Crippen molar-refractivity contribution in [1.29, 1.82) is 0 Å². The Kier molecular flexibility index (Phi) is 5.75. The van der Waals surface area contributed by atoms with E-state index in [1.54, 1.807) is 17.0 Å². The van der Waals surface area contributed by atoms with Gasteiger partial charge in [-0.05, 0) is 68.6 Å². The molecule has 2 aromatic carbocycles. The van der Waals surface area contributed by atoms with Crippen LogP contribution in [0.4, 0.5) is 11.4 Å². The zero-order valence-corrected chi connectivity index (χ0v) is 16.5. The lowest BCUT2D eigenvalue weighted by Gasteiger charge is -2.17. The van der Waals surface area contributed by atoms with Crippen LogP contribution >= 0.6 is 31.9 Å². The minimum atomic E-state index is -0.271. The van der Waals surface area contributed by atoms with Gasteiger partial charge in [0, 0.05) is 24.3 Å². The maximum absolute atomic E-state index is 12.2. The Hall–Kier alpha value is -1.86. The standard InChI is InChI=1S/C18H16Br2N2O3/c19-14-6-2-7-15(20)18(14)25-11-16(23)21-12-4-1-5-13(10-12)22-9-3-8-17(22)24/h1-2,4-7,10H,3,8-9,11H2,(H,21,23). The molecule has 1 aliphatic rings. The molecule has 2 aromatic rings. The highest BCUT2D eigenvalue weighted by Gasteiger charge is 2.21. The maximum atomic E-state index is 12.2. The molecule has 1 saturated heterocycles. The molecule has 3 rings (SSSR count). The highest BCUT2D eigenvalue weighted by atomic mass is 79.9. The minimum Gasteiger partial charge on any atom is -0.481 e. The molecule has 0 bridgehead atoms. The Bertz CT molecular complexity index is 790.